The number of hydrogen-bond donors (Lipinski definition) is 0. The van der Waals surface area contributed by atoms with Crippen molar-refractivity contribution in [3.8, 4) is 0 Å². The molecule has 4 atom stereocenters. The minimum atomic E-state index is -0.293. The Morgan fingerprint density at radius 2 is 1.69 bits per heavy atom. The van der Waals surface area contributed by atoms with E-state index in [1.807, 2.05) is 13.8 Å². The fourth-order valence-electron chi connectivity index (χ4n) is 3.25. The molecule has 2 unspecified atom stereocenters. The maximum absolute atomic E-state index is 11.9. The molecule has 3 aliphatic rings. The Labute approximate surface area is 78.0 Å². The van der Waals surface area contributed by atoms with E-state index in [9.17, 15) is 4.79 Å². The zero-order valence-electron chi connectivity index (χ0n) is 8.04. The van der Waals surface area contributed by atoms with E-state index in [0.29, 0.717) is 5.78 Å². The molecule has 1 saturated carbocycles. The Bertz CT molecular complexity index is 292. The number of ether oxygens (including phenoxy) is 1. The fourth-order valence-corrected chi connectivity index (χ4v) is 3.25. The molecular formula is C11H14O2. The molecule has 70 valence electrons. The molecule has 0 amide bonds. The third kappa shape index (κ3) is 0.715. The van der Waals surface area contributed by atoms with Gasteiger partial charge in [0.15, 0.2) is 0 Å². The van der Waals surface area contributed by atoms with Gasteiger partial charge < -0.3 is 4.74 Å². The average molecular weight is 178 g/mol. The molecule has 0 spiro atoms. The summed E-state index contributed by atoms with van der Waals surface area (Å²) in [6, 6.07) is 0. The van der Waals surface area contributed by atoms with Crippen LogP contribution in [-0.4, -0.2) is 17.0 Å². The molecule has 0 radical (unpaired) electrons. The molecule has 0 N–H and O–H groups in total. The van der Waals surface area contributed by atoms with E-state index < -0.39 is 0 Å². The second kappa shape index (κ2) is 1.90. The number of hydrogen-bond acceptors (Lipinski definition) is 2. The molecule has 1 aliphatic carbocycles. The van der Waals surface area contributed by atoms with Crippen LogP contribution in [0.4, 0.5) is 0 Å². The molecule has 2 nitrogen and oxygen atoms in total. The van der Waals surface area contributed by atoms with Crippen LogP contribution in [-0.2, 0) is 9.53 Å². The van der Waals surface area contributed by atoms with E-state index in [4.69, 9.17) is 4.74 Å². The van der Waals surface area contributed by atoms with E-state index in [1.165, 1.54) is 0 Å². The van der Waals surface area contributed by atoms with E-state index in [1.54, 1.807) is 0 Å². The fraction of sp³-hybridized carbons (Fsp3) is 0.727. The van der Waals surface area contributed by atoms with Gasteiger partial charge in [-0.2, -0.15) is 0 Å². The van der Waals surface area contributed by atoms with Crippen LogP contribution >= 0.6 is 0 Å². The van der Waals surface area contributed by atoms with Gasteiger partial charge in [-0.05, 0) is 26.7 Å². The summed E-state index contributed by atoms with van der Waals surface area (Å²) in [4.78, 5) is 11.9. The van der Waals surface area contributed by atoms with E-state index in [0.717, 1.165) is 12.8 Å². The van der Waals surface area contributed by atoms with Crippen molar-refractivity contribution >= 4 is 5.78 Å². The highest BCUT2D eigenvalue weighted by atomic mass is 16.5. The van der Waals surface area contributed by atoms with Gasteiger partial charge in [0.25, 0.3) is 0 Å². The summed E-state index contributed by atoms with van der Waals surface area (Å²) >= 11 is 0. The van der Waals surface area contributed by atoms with Gasteiger partial charge in [-0.1, -0.05) is 12.2 Å². The SMILES string of the molecule is C[C@]12C=C[C@](C)(O1)C1CCC2C1=O. The number of Topliss-reactive ketones (excluding diaryl/α,β-unsaturated/α-hetero) is 1. The van der Waals surface area contributed by atoms with Gasteiger partial charge in [0.05, 0.1) is 23.0 Å². The van der Waals surface area contributed by atoms with Gasteiger partial charge in [0, 0.05) is 0 Å². The van der Waals surface area contributed by atoms with Crippen LogP contribution in [0.1, 0.15) is 26.7 Å². The van der Waals surface area contributed by atoms with Crippen molar-refractivity contribution in [2.75, 3.05) is 0 Å². The number of ketones is 1. The maximum Gasteiger partial charge on any atom is 0.145 e. The highest BCUT2D eigenvalue weighted by Gasteiger charge is 2.61. The topological polar surface area (TPSA) is 26.3 Å². The first kappa shape index (κ1) is 7.74. The number of rotatable bonds is 0. The standard InChI is InChI=1S/C11H14O2/c1-10-5-6-11(2,13-10)8-4-3-7(10)9(8)12/h5-8H,3-4H2,1-2H3/t7?,8?,10-,11+. The van der Waals surface area contributed by atoms with Crippen LogP contribution in [0, 0.1) is 11.8 Å². The van der Waals surface area contributed by atoms with Gasteiger partial charge in [0.2, 0.25) is 0 Å². The first-order valence-corrected chi connectivity index (χ1v) is 4.99. The summed E-state index contributed by atoms with van der Waals surface area (Å²) in [7, 11) is 0. The molecule has 0 aromatic carbocycles. The minimum absolute atomic E-state index is 0.129. The molecule has 3 rings (SSSR count). The zero-order valence-corrected chi connectivity index (χ0v) is 8.04. The Morgan fingerprint density at radius 1 is 1.23 bits per heavy atom. The monoisotopic (exact) mass is 178 g/mol. The smallest absolute Gasteiger partial charge is 0.145 e. The van der Waals surface area contributed by atoms with Crippen molar-refractivity contribution in [3.63, 3.8) is 0 Å². The summed E-state index contributed by atoms with van der Waals surface area (Å²) in [6.45, 7) is 4.08. The van der Waals surface area contributed by atoms with Gasteiger partial charge >= 0.3 is 0 Å². The lowest BCUT2D eigenvalue weighted by molar-refractivity contribution is -0.167. The predicted octanol–water partition coefficient (Wildman–Crippen LogP) is 1.70. The van der Waals surface area contributed by atoms with Crippen molar-refractivity contribution in [3.05, 3.63) is 12.2 Å². The first-order valence-electron chi connectivity index (χ1n) is 4.99. The molecule has 2 heterocycles. The van der Waals surface area contributed by atoms with Crippen LogP contribution in [0.5, 0.6) is 0 Å². The lowest BCUT2D eigenvalue weighted by Crippen LogP contribution is -2.50. The highest BCUT2D eigenvalue weighted by molar-refractivity contribution is 5.90. The average Bonchev–Trinajstić information content (AvgIpc) is 2.49. The second-order valence-electron chi connectivity index (χ2n) is 4.89. The van der Waals surface area contributed by atoms with Crippen molar-refractivity contribution in [1.82, 2.24) is 0 Å². The Morgan fingerprint density at radius 3 is 2.15 bits per heavy atom. The van der Waals surface area contributed by atoms with E-state index in [2.05, 4.69) is 12.2 Å². The largest absolute Gasteiger partial charge is 0.359 e. The Balaban J connectivity index is 2.17. The minimum Gasteiger partial charge on any atom is -0.359 e. The number of fused-ring (bicyclic) bond motifs is 6. The van der Waals surface area contributed by atoms with Crippen LogP contribution in [0.2, 0.25) is 0 Å². The third-order valence-electron chi connectivity index (χ3n) is 4.00. The van der Waals surface area contributed by atoms with Crippen molar-refractivity contribution in [2.45, 2.75) is 37.9 Å². The molecule has 1 saturated heterocycles. The molecule has 2 fully saturated rings. The molecule has 4 bridgehead atoms. The zero-order chi connectivity index (χ0) is 9.27. The summed E-state index contributed by atoms with van der Waals surface area (Å²) in [5, 5.41) is 0. The predicted molar refractivity (Wildman–Crippen MR) is 48.3 cm³/mol. The Hall–Kier alpha value is -0.630. The Kier molecular flexibility index (Phi) is 1.13. The summed E-state index contributed by atoms with van der Waals surface area (Å²) in [5.41, 5.74) is -0.586. The van der Waals surface area contributed by atoms with Crippen LogP contribution in [0.15, 0.2) is 12.2 Å². The quantitative estimate of drug-likeness (QED) is 0.528. The normalized spacial score (nSPS) is 57.5. The summed E-state index contributed by atoms with van der Waals surface area (Å²) in [5.74, 6) is 0.690. The van der Waals surface area contributed by atoms with Crippen molar-refractivity contribution < 1.29 is 9.53 Å². The van der Waals surface area contributed by atoms with Gasteiger partial charge in [-0.15, -0.1) is 0 Å². The molecule has 2 heteroatoms. The summed E-state index contributed by atoms with van der Waals surface area (Å²) < 4.78 is 6.00. The van der Waals surface area contributed by atoms with Crippen molar-refractivity contribution in [1.29, 1.82) is 0 Å². The highest BCUT2D eigenvalue weighted by Crippen LogP contribution is 2.54. The number of carbonyl (C=O) groups is 1. The molecule has 0 aromatic heterocycles. The van der Waals surface area contributed by atoms with Crippen LogP contribution in [0.25, 0.3) is 0 Å². The third-order valence-corrected chi connectivity index (χ3v) is 4.00. The molecule has 13 heavy (non-hydrogen) atoms. The van der Waals surface area contributed by atoms with Crippen LogP contribution in [0.3, 0.4) is 0 Å². The van der Waals surface area contributed by atoms with Crippen LogP contribution < -0.4 is 0 Å². The molecular weight excluding hydrogens is 164 g/mol. The molecule has 0 aromatic rings. The van der Waals surface area contributed by atoms with Crippen molar-refractivity contribution in [2.24, 2.45) is 11.8 Å². The molecule has 2 aliphatic heterocycles. The lowest BCUT2D eigenvalue weighted by Gasteiger charge is -2.40. The van der Waals surface area contributed by atoms with E-state index >= 15 is 0 Å². The number of carbonyl (C=O) groups excluding carboxylic acids is 1. The maximum atomic E-state index is 11.9. The van der Waals surface area contributed by atoms with Gasteiger partial charge in [-0.25, -0.2) is 0 Å². The lowest BCUT2D eigenvalue weighted by atomic mass is 9.82. The second-order valence-corrected chi connectivity index (χ2v) is 4.89. The van der Waals surface area contributed by atoms with Gasteiger partial charge in [0.1, 0.15) is 5.78 Å². The van der Waals surface area contributed by atoms with Gasteiger partial charge in [-0.3, -0.25) is 4.79 Å². The van der Waals surface area contributed by atoms with E-state index in [-0.39, 0.29) is 23.0 Å². The first-order chi connectivity index (χ1) is 6.05. The summed E-state index contributed by atoms with van der Waals surface area (Å²) in [6.07, 6.45) is 6.21.